The number of ether oxygens (including phenoxy) is 1. The lowest BCUT2D eigenvalue weighted by molar-refractivity contribution is -0.0231. The van der Waals surface area contributed by atoms with Gasteiger partial charge in [-0.3, -0.25) is 4.79 Å². The van der Waals surface area contributed by atoms with Crippen molar-refractivity contribution < 1.29 is 20.1 Å². The molecule has 0 aromatic rings. The quantitative estimate of drug-likeness (QED) is 0.561. The number of aliphatic hydroxyl groups excluding tert-OH is 3. The van der Waals surface area contributed by atoms with E-state index in [1.807, 2.05) is 0 Å². The van der Waals surface area contributed by atoms with Gasteiger partial charge in [-0.1, -0.05) is 0 Å². The summed E-state index contributed by atoms with van der Waals surface area (Å²) in [6.45, 7) is -0.433. The molecule has 106 valence electrons. The van der Waals surface area contributed by atoms with Crippen molar-refractivity contribution >= 4 is 0 Å². The molecule has 3 rings (SSSR count). The average Bonchev–Trinajstić information content (AvgIpc) is 2.74. The monoisotopic (exact) mass is 278 g/mol. The van der Waals surface area contributed by atoms with E-state index in [9.17, 15) is 15.0 Å². The van der Waals surface area contributed by atoms with Crippen molar-refractivity contribution in [3.63, 3.8) is 0 Å². The number of aromatic amines is 1. The van der Waals surface area contributed by atoms with E-state index in [-0.39, 0.29) is 5.56 Å². The summed E-state index contributed by atoms with van der Waals surface area (Å²) >= 11 is 0. The molecule has 0 bridgehead atoms. The molecule has 0 radical (unpaired) electrons. The number of pyridine rings is 2. The number of fused-ring (bicyclic) bond motifs is 1. The molecule has 7 nitrogen and oxygen atoms in total. The summed E-state index contributed by atoms with van der Waals surface area (Å²) in [5.41, 5.74) is 0.328. The number of hydrogen-bond acceptors (Lipinski definition) is 6. The highest BCUT2D eigenvalue weighted by atomic mass is 16.6. The fourth-order valence-electron chi connectivity index (χ4n) is 2.41. The molecule has 3 heterocycles. The third-order valence-electron chi connectivity index (χ3n) is 3.49. The lowest BCUT2D eigenvalue weighted by Crippen LogP contribution is -2.33. The number of nitrogens with one attached hydrogen (secondary N) is 1. The number of hydrogen-bond donors (Lipinski definition) is 4. The van der Waals surface area contributed by atoms with Gasteiger partial charge in [0.1, 0.15) is 30.2 Å². The summed E-state index contributed by atoms with van der Waals surface area (Å²) in [5.74, 6) is 0.438. The second-order valence-corrected chi connectivity index (χ2v) is 4.75. The van der Waals surface area contributed by atoms with Crippen LogP contribution in [0.3, 0.4) is 0 Å². The van der Waals surface area contributed by atoms with E-state index in [0.717, 1.165) is 0 Å². The van der Waals surface area contributed by atoms with E-state index in [2.05, 4.69) is 9.97 Å². The second-order valence-electron chi connectivity index (χ2n) is 4.75. The van der Waals surface area contributed by atoms with Crippen LogP contribution in [0.25, 0.3) is 11.4 Å². The summed E-state index contributed by atoms with van der Waals surface area (Å²) in [6, 6.07) is 5.10. The molecule has 0 amide bonds. The van der Waals surface area contributed by atoms with Crippen LogP contribution in [0.4, 0.5) is 0 Å². The molecule has 1 unspecified atom stereocenters. The molecule has 20 heavy (non-hydrogen) atoms. The molecular weight excluding hydrogens is 264 g/mol. The first kappa shape index (κ1) is 13.2. The van der Waals surface area contributed by atoms with Gasteiger partial charge in [-0.25, -0.2) is 0 Å². The molecule has 1 saturated heterocycles. The molecule has 0 spiro atoms. The molecule has 0 aromatic heterocycles. The zero-order chi connectivity index (χ0) is 14.3. The number of aromatic nitrogens is 2. The van der Waals surface area contributed by atoms with Gasteiger partial charge in [0.25, 0.3) is 5.56 Å². The van der Waals surface area contributed by atoms with Crippen molar-refractivity contribution in [2.75, 3.05) is 6.61 Å². The van der Waals surface area contributed by atoms with Gasteiger partial charge in [-0.05, 0) is 18.2 Å². The molecule has 4 N–H and O–H groups in total. The Bertz CT molecular complexity index is 643. The maximum absolute atomic E-state index is 12.0. The Morgan fingerprint density at radius 1 is 1.35 bits per heavy atom. The van der Waals surface area contributed by atoms with Gasteiger partial charge in [0.05, 0.1) is 12.2 Å². The largest absolute Gasteiger partial charge is 0.394 e. The van der Waals surface area contributed by atoms with Gasteiger partial charge in [-0.2, -0.15) is 4.98 Å². The molecule has 4 atom stereocenters. The minimum Gasteiger partial charge on any atom is -0.394 e. The first-order chi connectivity index (χ1) is 9.61. The number of nitrogens with zero attached hydrogens (tertiary/aromatic N) is 1. The van der Waals surface area contributed by atoms with Crippen molar-refractivity contribution in [3.8, 4) is 11.4 Å². The molecule has 3 aliphatic heterocycles. The Labute approximate surface area is 113 Å². The third-order valence-corrected chi connectivity index (χ3v) is 3.49. The lowest BCUT2D eigenvalue weighted by Gasteiger charge is -2.15. The predicted octanol–water partition coefficient (Wildman–Crippen LogP) is -0.971. The van der Waals surface area contributed by atoms with Crippen LogP contribution < -0.4 is 5.56 Å². The molecule has 3 aliphatic rings. The normalized spacial score (nSPS) is 29.9. The molecule has 0 aliphatic carbocycles. The van der Waals surface area contributed by atoms with Crippen LogP contribution in [0.15, 0.2) is 29.2 Å². The van der Waals surface area contributed by atoms with Gasteiger partial charge in [0.2, 0.25) is 0 Å². The predicted molar refractivity (Wildman–Crippen MR) is 68.2 cm³/mol. The van der Waals surface area contributed by atoms with Crippen LogP contribution in [0.5, 0.6) is 0 Å². The smallest absolute Gasteiger partial charge is 0.277 e. The maximum Gasteiger partial charge on any atom is 0.277 e. The Morgan fingerprint density at radius 3 is 2.85 bits per heavy atom. The Balaban J connectivity index is 2.05. The zero-order valence-corrected chi connectivity index (χ0v) is 10.4. The Kier molecular flexibility index (Phi) is 3.27. The van der Waals surface area contributed by atoms with Crippen LogP contribution in [0.2, 0.25) is 0 Å². The van der Waals surface area contributed by atoms with E-state index in [1.165, 1.54) is 0 Å². The van der Waals surface area contributed by atoms with Crippen LogP contribution in [-0.2, 0) is 4.74 Å². The van der Waals surface area contributed by atoms with Crippen molar-refractivity contribution in [1.29, 1.82) is 0 Å². The second kappa shape index (κ2) is 4.95. The minimum atomic E-state index is -1.27. The summed E-state index contributed by atoms with van der Waals surface area (Å²) in [5, 5.41) is 28.7. The Hall–Kier alpha value is -1.80. The first-order valence-corrected chi connectivity index (χ1v) is 6.22. The third kappa shape index (κ3) is 2.01. The standard InChI is InChI=1S/C13H14N2O5/c16-5-8-9(17)10(18)11(20-8)7-4-6-2-1-3-14-12(6)15-13(7)19/h1-4,8-11,16-18H,5H2,(H,14,15,19)/t8-,9?,10+,11+/m1/s1. The van der Waals surface area contributed by atoms with Gasteiger partial charge in [-0.15, -0.1) is 0 Å². The maximum atomic E-state index is 12.0. The topological polar surface area (TPSA) is 116 Å². The van der Waals surface area contributed by atoms with Crippen LogP contribution in [-0.4, -0.2) is 50.2 Å². The Morgan fingerprint density at radius 2 is 2.15 bits per heavy atom. The summed E-state index contributed by atoms with van der Waals surface area (Å²) in [7, 11) is 0. The number of rotatable bonds is 2. The summed E-state index contributed by atoms with van der Waals surface area (Å²) < 4.78 is 5.35. The SMILES string of the molecule is O=c1nc2[nH]cccc-2cc1[C@@H]1O[C@H](CO)C(O)[C@@H]1O. The van der Waals surface area contributed by atoms with Gasteiger partial charge in [0, 0.05) is 11.8 Å². The number of H-pyrrole nitrogens is 1. The van der Waals surface area contributed by atoms with Gasteiger partial charge < -0.3 is 25.0 Å². The fourth-order valence-corrected chi connectivity index (χ4v) is 2.41. The van der Waals surface area contributed by atoms with Crippen molar-refractivity contribution in [2.24, 2.45) is 0 Å². The minimum absolute atomic E-state index is 0.166. The molecule has 0 saturated carbocycles. The molecule has 0 aromatic carbocycles. The fraction of sp³-hybridized carbons (Fsp3) is 0.385. The van der Waals surface area contributed by atoms with E-state index < -0.39 is 36.6 Å². The lowest BCUT2D eigenvalue weighted by atomic mass is 10.0. The van der Waals surface area contributed by atoms with Crippen molar-refractivity contribution in [2.45, 2.75) is 24.4 Å². The van der Waals surface area contributed by atoms with Crippen molar-refractivity contribution in [1.82, 2.24) is 9.97 Å². The van der Waals surface area contributed by atoms with Crippen molar-refractivity contribution in [3.05, 3.63) is 40.3 Å². The summed E-state index contributed by atoms with van der Waals surface area (Å²) in [6.07, 6.45) is -2.76. The highest BCUT2D eigenvalue weighted by molar-refractivity contribution is 5.56. The van der Waals surface area contributed by atoms with E-state index in [4.69, 9.17) is 9.84 Å². The highest BCUT2D eigenvalue weighted by Gasteiger charge is 2.44. The highest BCUT2D eigenvalue weighted by Crippen LogP contribution is 2.33. The van der Waals surface area contributed by atoms with Gasteiger partial charge >= 0.3 is 0 Å². The van der Waals surface area contributed by atoms with Crippen LogP contribution in [0, 0.1) is 0 Å². The molecular formula is C13H14N2O5. The van der Waals surface area contributed by atoms with Gasteiger partial charge in [0.15, 0.2) is 0 Å². The van der Waals surface area contributed by atoms with E-state index >= 15 is 0 Å². The molecule has 7 heteroatoms. The van der Waals surface area contributed by atoms with E-state index in [1.54, 1.807) is 24.4 Å². The van der Waals surface area contributed by atoms with E-state index in [0.29, 0.717) is 11.4 Å². The molecule has 1 fully saturated rings. The number of aliphatic hydroxyl groups is 3. The zero-order valence-electron chi connectivity index (χ0n) is 10.4. The van der Waals surface area contributed by atoms with Crippen LogP contribution >= 0.6 is 0 Å². The summed E-state index contributed by atoms with van der Waals surface area (Å²) in [4.78, 5) is 18.7. The van der Waals surface area contributed by atoms with Crippen LogP contribution in [0.1, 0.15) is 11.7 Å². The first-order valence-electron chi connectivity index (χ1n) is 6.22. The average molecular weight is 278 g/mol.